The van der Waals surface area contributed by atoms with Crippen LogP contribution in [0.3, 0.4) is 0 Å². The minimum absolute atomic E-state index is 0.0656. The zero-order valence-electron chi connectivity index (χ0n) is 18.8. The predicted molar refractivity (Wildman–Crippen MR) is 132 cm³/mol. The molecule has 1 aliphatic carbocycles. The van der Waals surface area contributed by atoms with Gasteiger partial charge >= 0.3 is 0 Å². The topological polar surface area (TPSA) is 97.1 Å². The Morgan fingerprint density at radius 3 is 2.85 bits per heavy atom. The van der Waals surface area contributed by atoms with Crippen molar-refractivity contribution in [1.29, 1.82) is 0 Å². The van der Waals surface area contributed by atoms with Gasteiger partial charge in [-0.3, -0.25) is 4.79 Å². The maximum atomic E-state index is 13.6. The van der Waals surface area contributed by atoms with Gasteiger partial charge in [-0.15, -0.1) is 0 Å². The van der Waals surface area contributed by atoms with Crippen LogP contribution in [-0.2, 0) is 6.42 Å². The lowest BCUT2D eigenvalue weighted by Crippen LogP contribution is -2.35. The number of thiazole rings is 1. The van der Waals surface area contributed by atoms with E-state index in [1.54, 1.807) is 7.11 Å². The number of aryl methyl sites for hydroxylation is 1. The van der Waals surface area contributed by atoms with E-state index in [1.165, 1.54) is 11.3 Å². The normalized spacial score (nSPS) is 13.4. The number of nitrogens with two attached hydrogens (primary N) is 1. The molecule has 1 saturated carbocycles. The Bertz CT molecular complexity index is 1310. The number of nitrogens with one attached hydrogen (secondary N) is 1. The first-order valence-electron chi connectivity index (χ1n) is 11.2. The summed E-state index contributed by atoms with van der Waals surface area (Å²) in [5.41, 5.74) is 10.4. The van der Waals surface area contributed by atoms with Gasteiger partial charge in [-0.2, -0.15) is 0 Å². The number of fused-ring (bicyclic) bond motifs is 1. The van der Waals surface area contributed by atoms with Crippen molar-refractivity contribution in [3.63, 3.8) is 0 Å². The summed E-state index contributed by atoms with van der Waals surface area (Å²) in [7, 11) is 1.65. The number of hydrogen-bond acceptors (Lipinski definition) is 6. The number of aromatic amines is 1. The van der Waals surface area contributed by atoms with Crippen LogP contribution in [0.2, 0.25) is 0 Å². The smallest absolute Gasteiger partial charge is 0.274 e. The number of methoxy groups -OCH3 is 1. The van der Waals surface area contributed by atoms with Gasteiger partial charge in [0, 0.05) is 25.6 Å². The highest BCUT2D eigenvalue weighted by Gasteiger charge is 2.30. The highest BCUT2D eigenvalue weighted by molar-refractivity contribution is 7.19. The number of anilines is 1. The van der Waals surface area contributed by atoms with Crippen molar-refractivity contribution in [1.82, 2.24) is 19.9 Å². The van der Waals surface area contributed by atoms with E-state index in [4.69, 9.17) is 10.5 Å². The molecule has 5 rings (SSSR count). The zero-order chi connectivity index (χ0) is 22.9. The highest BCUT2D eigenvalue weighted by atomic mass is 32.1. The van der Waals surface area contributed by atoms with Crippen molar-refractivity contribution >= 4 is 33.4 Å². The Balaban J connectivity index is 1.39. The number of aromatic nitrogens is 3. The van der Waals surface area contributed by atoms with Gasteiger partial charge in [0.2, 0.25) is 0 Å². The molecule has 4 aromatic rings. The van der Waals surface area contributed by atoms with E-state index in [0.29, 0.717) is 29.7 Å². The van der Waals surface area contributed by atoms with Gasteiger partial charge < -0.3 is 20.4 Å². The Morgan fingerprint density at radius 2 is 2.09 bits per heavy atom. The molecule has 0 unspecified atom stereocenters. The number of carbonyl (C=O) groups excluding carboxylic acids is 1. The number of ether oxygens (including phenoxy) is 1. The monoisotopic (exact) mass is 461 g/mol. The molecule has 0 saturated heterocycles. The van der Waals surface area contributed by atoms with Gasteiger partial charge in [-0.25, -0.2) is 9.97 Å². The molecule has 0 bridgehead atoms. The van der Waals surface area contributed by atoms with Crippen LogP contribution in [-0.4, -0.2) is 46.0 Å². The summed E-state index contributed by atoms with van der Waals surface area (Å²) in [6.45, 7) is 3.34. The Morgan fingerprint density at radius 1 is 1.24 bits per heavy atom. The summed E-state index contributed by atoms with van der Waals surface area (Å²) in [4.78, 5) is 28.9. The molecule has 2 aromatic carbocycles. The van der Waals surface area contributed by atoms with Crippen LogP contribution in [0, 0.1) is 12.8 Å². The van der Waals surface area contributed by atoms with E-state index in [0.717, 1.165) is 58.0 Å². The minimum atomic E-state index is -0.0656. The number of hydrogen-bond donors (Lipinski definition) is 2. The molecule has 33 heavy (non-hydrogen) atoms. The average molecular weight is 462 g/mol. The Hall–Kier alpha value is -3.39. The fraction of sp³-hybridized carbons (Fsp3) is 0.320. The summed E-state index contributed by atoms with van der Waals surface area (Å²) in [5.74, 6) is 2.13. The molecule has 1 fully saturated rings. The van der Waals surface area contributed by atoms with Crippen LogP contribution in [0.1, 0.15) is 34.7 Å². The van der Waals surface area contributed by atoms with Crippen LogP contribution >= 0.6 is 11.3 Å². The first-order valence-corrected chi connectivity index (χ1v) is 12.0. The van der Waals surface area contributed by atoms with Gasteiger partial charge in [-0.1, -0.05) is 41.2 Å². The Labute approximate surface area is 196 Å². The van der Waals surface area contributed by atoms with E-state index in [1.807, 2.05) is 48.2 Å². The summed E-state index contributed by atoms with van der Waals surface area (Å²) in [6.07, 6.45) is 2.96. The van der Waals surface area contributed by atoms with Gasteiger partial charge in [-0.05, 0) is 43.4 Å². The van der Waals surface area contributed by atoms with Crippen LogP contribution in [0.4, 0.5) is 5.13 Å². The molecule has 2 aromatic heterocycles. The third-order valence-corrected chi connectivity index (χ3v) is 6.88. The van der Waals surface area contributed by atoms with Crippen molar-refractivity contribution in [2.45, 2.75) is 26.2 Å². The second-order valence-corrected chi connectivity index (χ2v) is 9.64. The first-order chi connectivity index (χ1) is 16.0. The number of carbonyl (C=O) groups is 1. The molecule has 1 aliphatic rings. The highest BCUT2D eigenvalue weighted by Crippen LogP contribution is 2.35. The molecule has 8 heteroatoms. The summed E-state index contributed by atoms with van der Waals surface area (Å²) in [5, 5.41) is 0.410. The maximum absolute atomic E-state index is 13.6. The third-order valence-electron chi connectivity index (χ3n) is 5.95. The molecule has 0 spiro atoms. The fourth-order valence-electron chi connectivity index (χ4n) is 4.03. The molecule has 2 heterocycles. The van der Waals surface area contributed by atoms with Gasteiger partial charge in [0.1, 0.15) is 17.3 Å². The lowest BCUT2D eigenvalue weighted by molar-refractivity contribution is 0.0744. The predicted octanol–water partition coefficient (Wildman–Crippen LogP) is 4.68. The van der Waals surface area contributed by atoms with E-state index in [2.05, 4.69) is 21.0 Å². The average Bonchev–Trinajstić information content (AvgIpc) is 3.40. The van der Waals surface area contributed by atoms with Crippen LogP contribution in [0.15, 0.2) is 42.5 Å². The fourth-order valence-corrected chi connectivity index (χ4v) is 4.85. The number of benzene rings is 2. The molecule has 1 amide bonds. The lowest BCUT2D eigenvalue weighted by atomic mass is 10.1. The van der Waals surface area contributed by atoms with Gasteiger partial charge in [0.25, 0.3) is 5.91 Å². The van der Waals surface area contributed by atoms with Crippen molar-refractivity contribution in [2.24, 2.45) is 5.92 Å². The van der Waals surface area contributed by atoms with Crippen LogP contribution in [0.25, 0.3) is 21.5 Å². The summed E-state index contributed by atoms with van der Waals surface area (Å²) in [6, 6.07) is 13.9. The quantitative estimate of drug-likeness (QED) is 0.397. The number of imidazole rings is 1. The second kappa shape index (κ2) is 8.86. The van der Waals surface area contributed by atoms with Crippen molar-refractivity contribution in [3.05, 3.63) is 59.5 Å². The van der Waals surface area contributed by atoms with E-state index >= 15 is 0 Å². The van der Waals surface area contributed by atoms with Crippen molar-refractivity contribution in [3.8, 4) is 16.2 Å². The standard InChI is InChI=1S/C25H27N5O2S/c1-15-4-3-5-17(12-15)23-22(29-25(26)33-23)24(31)30(14-16-6-7-16)11-10-21-27-19-9-8-18(32-2)13-20(19)28-21/h3-5,8-9,12-13,16H,6-7,10-11,14H2,1-2H3,(H2,26,29)(H,27,28). The van der Waals surface area contributed by atoms with Crippen molar-refractivity contribution < 1.29 is 9.53 Å². The molecule has 3 N–H and O–H groups in total. The van der Waals surface area contributed by atoms with Crippen LogP contribution < -0.4 is 10.5 Å². The maximum Gasteiger partial charge on any atom is 0.274 e. The number of amides is 1. The summed E-state index contributed by atoms with van der Waals surface area (Å²) >= 11 is 1.37. The van der Waals surface area contributed by atoms with Crippen molar-refractivity contribution in [2.75, 3.05) is 25.9 Å². The number of nitrogens with zero attached hydrogens (tertiary/aromatic N) is 3. The Kier molecular flexibility index (Phi) is 5.76. The molecular weight excluding hydrogens is 434 g/mol. The van der Waals surface area contributed by atoms with E-state index < -0.39 is 0 Å². The largest absolute Gasteiger partial charge is 0.497 e. The SMILES string of the molecule is COc1ccc2nc(CCN(CC3CC3)C(=O)c3nc(N)sc3-c3cccc(C)c3)[nH]c2c1. The molecular formula is C25H27N5O2S. The van der Waals surface area contributed by atoms with Gasteiger partial charge in [0.15, 0.2) is 5.13 Å². The lowest BCUT2D eigenvalue weighted by Gasteiger charge is -2.22. The second-order valence-electron chi connectivity index (χ2n) is 8.61. The third kappa shape index (κ3) is 4.71. The number of H-pyrrole nitrogens is 1. The molecule has 0 atom stereocenters. The van der Waals surface area contributed by atoms with Crippen LogP contribution in [0.5, 0.6) is 5.75 Å². The van der Waals surface area contributed by atoms with E-state index in [-0.39, 0.29) is 5.91 Å². The summed E-state index contributed by atoms with van der Waals surface area (Å²) < 4.78 is 5.30. The first kappa shape index (κ1) is 21.5. The van der Waals surface area contributed by atoms with E-state index in [9.17, 15) is 4.79 Å². The zero-order valence-corrected chi connectivity index (χ0v) is 19.6. The molecule has 0 radical (unpaired) electrons. The number of nitrogen functional groups attached to an aromatic ring is 1. The van der Waals surface area contributed by atoms with Gasteiger partial charge in [0.05, 0.1) is 23.0 Å². The number of rotatable bonds is 8. The molecule has 7 nitrogen and oxygen atoms in total. The molecule has 0 aliphatic heterocycles. The molecule has 170 valence electrons. The minimum Gasteiger partial charge on any atom is -0.497 e.